The summed E-state index contributed by atoms with van der Waals surface area (Å²) >= 11 is 0. The molecule has 1 aromatic rings. The van der Waals surface area contributed by atoms with Gasteiger partial charge in [0.1, 0.15) is 5.75 Å². The van der Waals surface area contributed by atoms with Crippen LogP contribution in [0.1, 0.15) is 24.2 Å². The molecule has 0 saturated carbocycles. The van der Waals surface area contributed by atoms with Gasteiger partial charge in [-0.25, -0.2) is 0 Å². The Morgan fingerprint density at radius 2 is 1.62 bits per heavy atom. The number of rotatable bonds is 8. The highest BCUT2D eigenvalue weighted by molar-refractivity contribution is 5.97. The van der Waals surface area contributed by atoms with E-state index in [1.165, 1.54) is 0 Å². The van der Waals surface area contributed by atoms with Gasteiger partial charge in [-0.1, -0.05) is 0 Å². The zero-order valence-corrected chi connectivity index (χ0v) is 13.3. The standard InChI is InChI=1S/C16H24N2O3/c1-5-18(6-2)16(20)12-17(3)11-15(19)13-7-9-14(21-4)10-8-13/h7-10H,5-6,11-12H2,1-4H3. The number of amides is 1. The molecule has 0 N–H and O–H groups in total. The van der Waals surface area contributed by atoms with Crippen LogP contribution in [0, 0.1) is 0 Å². The molecule has 1 aromatic carbocycles. The normalized spacial score (nSPS) is 10.5. The van der Waals surface area contributed by atoms with Gasteiger partial charge in [-0.2, -0.15) is 0 Å². The van der Waals surface area contributed by atoms with E-state index in [-0.39, 0.29) is 24.8 Å². The number of benzene rings is 1. The second kappa shape index (κ2) is 8.42. The van der Waals surface area contributed by atoms with Crippen LogP contribution in [0.25, 0.3) is 0 Å². The van der Waals surface area contributed by atoms with Gasteiger partial charge in [0.05, 0.1) is 20.2 Å². The van der Waals surface area contributed by atoms with Crippen LogP contribution in [0.2, 0.25) is 0 Å². The Balaban J connectivity index is 2.55. The molecule has 0 aromatic heterocycles. The van der Waals surface area contributed by atoms with E-state index in [4.69, 9.17) is 4.74 Å². The fourth-order valence-electron chi connectivity index (χ4n) is 2.08. The minimum absolute atomic E-state index is 0.00694. The van der Waals surface area contributed by atoms with Crippen LogP contribution in [0.5, 0.6) is 5.75 Å². The Bertz CT molecular complexity index is 467. The Morgan fingerprint density at radius 3 is 2.10 bits per heavy atom. The maximum atomic E-state index is 12.1. The molecule has 0 atom stereocenters. The third-order valence-corrected chi connectivity index (χ3v) is 3.35. The SMILES string of the molecule is CCN(CC)C(=O)CN(C)CC(=O)c1ccc(OC)cc1. The molecule has 1 rings (SSSR count). The van der Waals surface area contributed by atoms with Gasteiger partial charge in [0, 0.05) is 18.7 Å². The lowest BCUT2D eigenvalue weighted by molar-refractivity contribution is -0.131. The summed E-state index contributed by atoms with van der Waals surface area (Å²) in [6, 6.07) is 6.99. The third-order valence-electron chi connectivity index (χ3n) is 3.35. The van der Waals surface area contributed by atoms with E-state index in [0.29, 0.717) is 18.7 Å². The highest BCUT2D eigenvalue weighted by atomic mass is 16.5. The summed E-state index contributed by atoms with van der Waals surface area (Å²) in [5, 5.41) is 0. The highest BCUT2D eigenvalue weighted by Crippen LogP contribution is 2.12. The van der Waals surface area contributed by atoms with Crippen molar-refractivity contribution in [2.45, 2.75) is 13.8 Å². The largest absolute Gasteiger partial charge is 0.497 e. The van der Waals surface area contributed by atoms with Crippen LogP contribution in [-0.4, -0.2) is 61.8 Å². The number of Topliss-reactive ketones (excluding diaryl/α,β-unsaturated/α-hetero) is 1. The smallest absolute Gasteiger partial charge is 0.236 e. The van der Waals surface area contributed by atoms with Gasteiger partial charge in [-0.15, -0.1) is 0 Å². The number of ether oxygens (including phenoxy) is 1. The van der Waals surface area contributed by atoms with Gasteiger partial charge in [0.15, 0.2) is 5.78 Å². The Labute approximate surface area is 126 Å². The molecule has 0 heterocycles. The summed E-state index contributed by atoms with van der Waals surface area (Å²) in [6.07, 6.45) is 0. The molecule has 0 aliphatic rings. The monoisotopic (exact) mass is 292 g/mol. The third kappa shape index (κ3) is 5.19. The molecule has 5 nitrogen and oxygen atoms in total. The maximum Gasteiger partial charge on any atom is 0.236 e. The van der Waals surface area contributed by atoms with Crippen molar-refractivity contribution in [3.63, 3.8) is 0 Å². The second-order valence-electron chi connectivity index (χ2n) is 4.89. The summed E-state index contributed by atoms with van der Waals surface area (Å²) in [7, 11) is 3.37. The number of nitrogens with zero attached hydrogens (tertiary/aromatic N) is 2. The molecule has 5 heteroatoms. The van der Waals surface area contributed by atoms with E-state index in [2.05, 4.69) is 0 Å². The van der Waals surface area contributed by atoms with Crippen molar-refractivity contribution < 1.29 is 14.3 Å². The van der Waals surface area contributed by atoms with E-state index >= 15 is 0 Å². The zero-order chi connectivity index (χ0) is 15.8. The predicted molar refractivity (Wildman–Crippen MR) is 82.7 cm³/mol. The van der Waals surface area contributed by atoms with Crippen molar-refractivity contribution in [2.75, 3.05) is 40.3 Å². The summed E-state index contributed by atoms with van der Waals surface area (Å²) in [5.74, 6) is 0.758. The first-order valence-corrected chi connectivity index (χ1v) is 7.15. The number of carbonyl (C=O) groups is 2. The molecule has 0 radical (unpaired) electrons. The van der Waals surface area contributed by atoms with E-state index < -0.39 is 0 Å². The number of methoxy groups -OCH3 is 1. The summed E-state index contributed by atoms with van der Waals surface area (Å²) in [6.45, 7) is 5.75. The lowest BCUT2D eigenvalue weighted by Crippen LogP contribution is -2.40. The van der Waals surface area contributed by atoms with Crippen LogP contribution in [-0.2, 0) is 4.79 Å². The minimum atomic E-state index is -0.00694. The fourth-order valence-corrected chi connectivity index (χ4v) is 2.08. The predicted octanol–water partition coefficient (Wildman–Crippen LogP) is 1.68. The van der Waals surface area contributed by atoms with Gasteiger partial charge in [-0.05, 0) is 45.2 Å². The lowest BCUT2D eigenvalue weighted by Gasteiger charge is -2.22. The second-order valence-corrected chi connectivity index (χ2v) is 4.89. The molecular weight excluding hydrogens is 268 g/mol. The number of likely N-dealkylation sites (N-methyl/N-ethyl adjacent to an activating group) is 2. The molecule has 0 fully saturated rings. The molecular formula is C16H24N2O3. The first kappa shape index (κ1) is 17.2. The Hall–Kier alpha value is -1.88. The topological polar surface area (TPSA) is 49.9 Å². The average Bonchev–Trinajstić information content (AvgIpc) is 2.48. The average molecular weight is 292 g/mol. The van der Waals surface area contributed by atoms with Crippen molar-refractivity contribution >= 4 is 11.7 Å². The lowest BCUT2D eigenvalue weighted by atomic mass is 10.1. The Kier molecular flexibility index (Phi) is 6.88. The van der Waals surface area contributed by atoms with E-state index in [1.54, 1.807) is 48.2 Å². The molecule has 0 spiro atoms. The minimum Gasteiger partial charge on any atom is -0.497 e. The van der Waals surface area contributed by atoms with Crippen molar-refractivity contribution in [3.05, 3.63) is 29.8 Å². The zero-order valence-electron chi connectivity index (χ0n) is 13.3. The van der Waals surface area contributed by atoms with Gasteiger partial charge in [-0.3, -0.25) is 14.5 Å². The first-order valence-electron chi connectivity index (χ1n) is 7.15. The quantitative estimate of drug-likeness (QED) is 0.684. The molecule has 0 bridgehead atoms. The summed E-state index contributed by atoms with van der Waals surface area (Å²) in [5.41, 5.74) is 0.623. The number of carbonyl (C=O) groups excluding carboxylic acids is 2. The van der Waals surface area contributed by atoms with E-state index in [0.717, 1.165) is 5.75 Å². The van der Waals surface area contributed by atoms with Crippen LogP contribution < -0.4 is 4.74 Å². The number of hydrogen-bond donors (Lipinski definition) is 0. The maximum absolute atomic E-state index is 12.1. The van der Waals surface area contributed by atoms with Gasteiger partial charge >= 0.3 is 0 Å². The van der Waals surface area contributed by atoms with E-state index in [1.807, 2.05) is 13.8 Å². The Morgan fingerprint density at radius 1 is 1.05 bits per heavy atom. The highest BCUT2D eigenvalue weighted by Gasteiger charge is 2.15. The fraction of sp³-hybridized carbons (Fsp3) is 0.500. The van der Waals surface area contributed by atoms with Gasteiger partial charge in [0.25, 0.3) is 0 Å². The van der Waals surface area contributed by atoms with E-state index in [9.17, 15) is 9.59 Å². The van der Waals surface area contributed by atoms with Crippen molar-refractivity contribution in [1.29, 1.82) is 0 Å². The molecule has 0 unspecified atom stereocenters. The number of hydrogen-bond acceptors (Lipinski definition) is 4. The molecule has 0 aliphatic heterocycles. The number of ketones is 1. The molecule has 21 heavy (non-hydrogen) atoms. The summed E-state index contributed by atoms with van der Waals surface area (Å²) in [4.78, 5) is 27.6. The first-order chi connectivity index (χ1) is 10.0. The van der Waals surface area contributed by atoms with Crippen molar-refractivity contribution in [3.8, 4) is 5.75 Å². The molecule has 0 saturated heterocycles. The van der Waals surface area contributed by atoms with Gasteiger partial charge < -0.3 is 9.64 Å². The van der Waals surface area contributed by atoms with Crippen LogP contribution in [0.3, 0.4) is 0 Å². The van der Waals surface area contributed by atoms with Crippen LogP contribution in [0.15, 0.2) is 24.3 Å². The molecule has 116 valence electrons. The van der Waals surface area contributed by atoms with Crippen LogP contribution in [0.4, 0.5) is 0 Å². The molecule has 1 amide bonds. The van der Waals surface area contributed by atoms with Crippen LogP contribution >= 0.6 is 0 Å². The van der Waals surface area contributed by atoms with Crippen molar-refractivity contribution in [2.24, 2.45) is 0 Å². The molecule has 0 aliphatic carbocycles. The summed E-state index contributed by atoms with van der Waals surface area (Å²) < 4.78 is 5.06. The van der Waals surface area contributed by atoms with Crippen molar-refractivity contribution in [1.82, 2.24) is 9.80 Å². The van der Waals surface area contributed by atoms with Gasteiger partial charge in [0.2, 0.25) is 5.91 Å².